The summed E-state index contributed by atoms with van der Waals surface area (Å²) < 4.78 is 4.63. The lowest BCUT2D eigenvalue weighted by Crippen LogP contribution is -2.04. The molecular formula is C14H24O5. The van der Waals surface area contributed by atoms with Gasteiger partial charge in [-0.05, 0) is 19.1 Å². The lowest BCUT2D eigenvalue weighted by atomic mass is 10.2. The number of hydrogen-bond acceptors (Lipinski definition) is 5. The Morgan fingerprint density at radius 1 is 1.05 bits per heavy atom. The molecule has 0 aliphatic rings. The minimum Gasteiger partial charge on any atom is -0.504 e. The molecule has 19 heavy (non-hydrogen) atoms. The highest BCUT2D eigenvalue weighted by atomic mass is 16.5. The van der Waals surface area contributed by atoms with Crippen molar-refractivity contribution >= 4 is 5.97 Å². The molecule has 0 radical (unpaired) electrons. The molecule has 0 aliphatic heterocycles. The maximum Gasteiger partial charge on any atom is 0.338 e. The molecule has 0 unspecified atom stereocenters. The summed E-state index contributed by atoms with van der Waals surface area (Å²) in [7, 11) is 0. The van der Waals surface area contributed by atoms with E-state index in [-0.39, 0.29) is 12.2 Å². The zero-order valence-electron chi connectivity index (χ0n) is 12.2. The summed E-state index contributed by atoms with van der Waals surface area (Å²) in [6, 6.07) is 2.04. The van der Waals surface area contributed by atoms with E-state index in [0.717, 1.165) is 12.1 Å². The first-order chi connectivity index (χ1) is 8.97. The van der Waals surface area contributed by atoms with Crippen molar-refractivity contribution < 1.29 is 24.9 Å². The van der Waals surface area contributed by atoms with E-state index < -0.39 is 23.2 Å². The Bertz CT molecular complexity index is 351. The fraction of sp³-hybridized carbons (Fsp3) is 0.500. The Kier molecular flexibility index (Phi) is 11.4. The SMILES string of the molecule is CC.CCC.CCOC(=O)c1cc(O)c(O)c(O)c1. The summed E-state index contributed by atoms with van der Waals surface area (Å²) in [6.07, 6.45) is 1.25. The molecule has 0 amide bonds. The molecule has 0 bridgehead atoms. The highest BCUT2D eigenvalue weighted by Gasteiger charge is 2.13. The van der Waals surface area contributed by atoms with Gasteiger partial charge in [-0.1, -0.05) is 34.1 Å². The molecule has 5 nitrogen and oxygen atoms in total. The zero-order valence-corrected chi connectivity index (χ0v) is 12.2. The molecule has 0 heterocycles. The van der Waals surface area contributed by atoms with Crippen molar-refractivity contribution in [3.8, 4) is 17.2 Å². The van der Waals surface area contributed by atoms with E-state index in [0.29, 0.717) is 0 Å². The van der Waals surface area contributed by atoms with Crippen molar-refractivity contribution in [2.24, 2.45) is 0 Å². The van der Waals surface area contributed by atoms with Gasteiger partial charge in [-0.25, -0.2) is 4.79 Å². The number of rotatable bonds is 2. The van der Waals surface area contributed by atoms with Crippen LogP contribution in [0, 0.1) is 0 Å². The van der Waals surface area contributed by atoms with E-state index in [1.54, 1.807) is 6.92 Å². The van der Waals surface area contributed by atoms with Crippen molar-refractivity contribution in [1.82, 2.24) is 0 Å². The molecule has 3 N–H and O–H groups in total. The Morgan fingerprint density at radius 2 is 1.42 bits per heavy atom. The van der Waals surface area contributed by atoms with Crippen LogP contribution >= 0.6 is 0 Å². The smallest absolute Gasteiger partial charge is 0.338 e. The number of benzene rings is 1. The zero-order chi connectivity index (χ0) is 15.4. The van der Waals surface area contributed by atoms with Crippen LogP contribution in [0.15, 0.2) is 12.1 Å². The van der Waals surface area contributed by atoms with E-state index in [1.165, 1.54) is 6.42 Å². The highest BCUT2D eigenvalue weighted by molar-refractivity contribution is 5.91. The number of carbonyl (C=O) groups is 1. The van der Waals surface area contributed by atoms with Gasteiger partial charge in [0, 0.05) is 0 Å². The average Bonchev–Trinajstić information content (AvgIpc) is 2.39. The monoisotopic (exact) mass is 272 g/mol. The predicted octanol–water partition coefficient (Wildman–Crippen LogP) is 3.42. The number of hydrogen-bond donors (Lipinski definition) is 3. The van der Waals surface area contributed by atoms with Gasteiger partial charge in [-0.3, -0.25) is 0 Å². The normalized spacial score (nSPS) is 8.47. The van der Waals surface area contributed by atoms with Crippen LogP contribution in [0.4, 0.5) is 0 Å². The predicted molar refractivity (Wildman–Crippen MR) is 74.7 cm³/mol. The number of ether oxygens (including phenoxy) is 1. The summed E-state index contributed by atoms with van der Waals surface area (Å²) >= 11 is 0. The van der Waals surface area contributed by atoms with E-state index in [9.17, 15) is 4.79 Å². The second-order valence-electron chi connectivity index (χ2n) is 3.29. The Hall–Kier alpha value is -1.91. The van der Waals surface area contributed by atoms with Crippen LogP contribution in [0.25, 0.3) is 0 Å². The van der Waals surface area contributed by atoms with E-state index in [1.807, 2.05) is 13.8 Å². The van der Waals surface area contributed by atoms with Gasteiger partial charge >= 0.3 is 5.97 Å². The number of phenolic OH excluding ortho intramolecular Hbond substituents is 3. The second kappa shape index (κ2) is 11.2. The Labute approximate surface area is 114 Å². The number of carbonyl (C=O) groups excluding carboxylic acids is 1. The van der Waals surface area contributed by atoms with Gasteiger partial charge in [0.1, 0.15) is 0 Å². The lowest BCUT2D eigenvalue weighted by molar-refractivity contribution is 0.0525. The minimum atomic E-state index is -0.668. The van der Waals surface area contributed by atoms with Crippen LogP contribution in [-0.4, -0.2) is 27.9 Å². The van der Waals surface area contributed by atoms with Gasteiger partial charge in [0.15, 0.2) is 17.2 Å². The standard InChI is InChI=1S/C9H10O5.C3H8.C2H6/c1-2-14-9(13)5-3-6(10)8(12)7(11)4-5;1-3-2;1-2/h3-4,10-12H,2H2,1H3;3H2,1-2H3;1-2H3. The molecule has 0 saturated carbocycles. The van der Waals surface area contributed by atoms with Crippen molar-refractivity contribution in [2.75, 3.05) is 6.61 Å². The van der Waals surface area contributed by atoms with Gasteiger partial charge < -0.3 is 20.1 Å². The first-order valence-electron chi connectivity index (χ1n) is 6.39. The fourth-order valence-electron chi connectivity index (χ4n) is 0.936. The van der Waals surface area contributed by atoms with Gasteiger partial charge in [0.2, 0.25) is 0 Å². The molecule has 0 aliphatic carbocycles. The summed E-state index contributed by atoms with van der Waals surface area (Å²) in [5, 5.41) is 27.2. The average molecular weight is 272 g/mol. The van der Waals surface area contributed by atoms with Crippen LogP contribution in [0.1, 0.15) is 51.4 Å². The van der Waals surface area contributed by atoms with Gasteiger partial charge in [-0.15, -0.1) is 0 Å². The fourth-order valence-corrected chi connectivity index (χ4v) is 0.936. The number of aromatic hydroxyl groups is 3. The first kappa shape index (κ1) is 19.4. The van der Waals surface area contributed by atoms with E-state index in [2.05, 4.69) is 18.6 Å². The summed E-state index contributed by atoms with van der Waals surface area (Å²) in [5.74, 6) is -2.45. The van der Waals surface area contributed by atoms with Gasteiger partial charge in [0.05, 0.1) is 12.2 Å². The largest absolute Gasteiger partial charge is 0.504 e. The Morgan fingerprint density at radius 3 is 1.74 bits per heavy atom. The quantitative estimate of drug-likeness (QED) is 0.567. The first-order valence-corrected chi connectivity index (χ1v) is 6.39. The third-order valence-electron chi connectivity index (χ3n) is 1.58. The molecule has 0 fully saturated rings. The summed E-state index contributed by atoms with van der Waals surface area (Å²) in [4.78, 5) is 11.1. The van der Waals surface area contributed by atoms with Crippen molar-refractivity contribution in [3.05, 3.63) is 17.7 Å². The molecule has 0 spiro atoms. The Balaban J connectivity index is 0. The number of phenols is 3. The highest BCUT2D eigenvalue weighted by Crippen LogP contribution is 2.35. The maximum absolute atomic E-state index is 11.1. The molecule has 0 atom stereocenters. The van der Waals surface area contributed by atoms with E-state index in [4.69, 9.17) is 15.3 Å². The van der Waals surface area contributed by atoms with Crippen LogP contribution in [-0.2, 0) is 4.74 Å². The van der Waals surface area contributed by atoms with Crippen LogP contribution in [0.2, 0.25) is 0 Å². The molecule has 0 aromatic heterocycles. The minimum absolute atomic E-state index is 0.0142. The third-order valence-corrected chi connectivity index (χ3v) is 1.58. The van der Waals surface area contributed by atoms with Crippen molar-refractivity contribution in [3.63, 3.8) is 0 Å². The van der Waals surface area contributed by atoms with E-state index >= 15 is 0 Å². The molecule has 1 aromatic rings. The maximum atomic E-state index is 11.1. The van der Waals surface area contributed by atoms with Crippen LogP contribution < -0.4 is 0 Å². The van der Waals surface area contributed by atoms with Gasteiger partial charge in [-0.2, -0.15) is 0 Å². The van der Waals surface area contributed by atoms with Gasteiger partial charge in [0.25, 0.3) is 0 Å². The summed E-state index contributed by atoms with van der Waals surface area (Å²) in [5.41, 5.74) is -0.0142. The molecule has 0 saturated heterocycles. The van der Waals surface area contributed by atoms with Crippen LogP contribution in [0.5, 0.6) is 17.2 Å². The van der Waals surface area contributed by atoms with Crippen LogP contribution in [0.3, 0.4) is 0 Å². The molecule has 110 valence electrons. The topological polar surface area (TPSA) is 87.0 Å². The van der Waals surface area contributed by atoms with Crippen molar-refractivity contribution in [1.29, 1.82) is 0 Å². The molecule has 1 rings (SSSR count). The third kappa shape index (κ3) is 7.18. The number of esters is 1. The molecular weight excluding hydrogens is 248 g/mol. The van der Waals surface area contributed by atoms with Crippen molar-refractivity contribution in [2.45, 2.75) is 41.0 Å². The second-order valence-corrected chi connectivity index (χ2v) is 3.29. The lowest BCUT2D eigenvalue weighted by Gasteiger charge is -2.04. The molecule has 1 aromatic carbocycles. The summed E-state index contributed by atoms with van der Waals surface area (Å²) in [6.45, 7) is 10.1. The molecule has 5 heteroatoms.